The van der Waals surface area contributed by atoms with Crippen molar-refractivity contribution in [1.29, 1.82) is 0 Å². The summed E-state index contributed by atoms with van der Waals surface area (Å²) in [4.78, 5) is 0. The topological polar surface area (TPSA) is 0 Å². The molecule has 0 aromatic carbocycles. The van der Waals surface area contributed by atoms with Crippen molar-refractivity contribution in [3.63, 3.8) is 0 Å². The van der Waals surface area contributed by atoms with E-state index in [0.717, 1.165) is 17.8 Å². The van der Waals surface area contributed by atoms with Crippen LogP contribution in [-0.4, -0.2) is 0 Å². The normalized spacial score (nSPS) is 15.9. The maximum atomic E-state index is 2.42. The zero-order chi connectivity index (χ0) is 11.0. The van der Waals surface area contributed by atoms with Crippen molar-refractivity contribution >= 4 is 0 Å². The summed E-state index contributed by atoms with van der Waals surface area (Å²) in [6.07, 6.45) is 8.51. The van der Waals surface area contributed by atoms with Crippen LogP contribution in [0.3, 0.4) is 0 Å². The van der Waals surface area contributed by atoms with E-state index in [-0.39, 0.29) is 0 Å². The Morgan fingerprint density at radius 1 is 0.786 bits per heavy atom. The van der Waals surface area contributed by atoms with E-state index in [9.17, 15) is 0 Å². The molecule has 0 heterocycles. The molecule has 0 fully saturated rings. The van der Waals surface area contributed by atoms with Crippen LogP contribution in [0.25, 0.3) is 0 Å². The maximum absolute atomic E-state index is 2.42. The Labute approximate surface area is 91.5 Å². The molecule has 0 heteroatoms. The van der Waals surface area contributed by atoms with Gasteiger partial charge >= 0.3 is 0 Å². The highest BCUT2D eigenvalue weighted by atomic mass is 14.1. The second-order valence-electron chi connectivity index (χ2n) is 5.40. The first kappa shape index (κ1) is 14.0. The van der Waals surface area contributed by atoms with Crippen molar-refractivity contribution < 1.29 is 0 Å². The molecule has 0 radical (unpaired) electrons. The van der Waals surface area contributed by atoms with Gasteiger partial charge in [0, 0.05) is 0 Å². The van der Waals surface area contributed by atoms with Gasteiger partial charge in [-0.2, -0.15) is 0 Å². The lowest BCUT2D eigenvalue weighted by Gasteiger charge is -2.18. The van der Waals surface area contributed by atoms with Crippen LogP contribution < -0.4 is 0 Å². The van der Waals surface area contributed by atoms with Gasteiger partial charge in [-0.25, -0.2) is 0 Å². The first-order valence-electron chi connectivity index (χ1n) is 6.57. The Bertz CT molecular complexity index is 115. The third kappa shape index (κ3) is 7.41. The minimum atomic E-state index is 0.859. The van der Waals surface area contributed by atoms with Gasteiger partial charge in [-0.3, -0.25) is 0 Å². The molecule has 2 atom stereocenters. The van der Waals surface area contributed by atoms with Gasteiger partial charge in [-0.05, 0) is 17.8 Å². The van der Waals surface area contributed by atoms with Crippen LogP contribution in [0.5, 0.6) is 0 Å². The zero-order valence-corrected chi connectivity index (χ0v) is 11.0. The quantitative estimate of drug-likeness (QED) is 0.466. The van der Waals surface area contributed by atoms with Gasteiger partial charge in [0.2, 0.25) is 0 Å². The molecule has 0 amide bonds. The van der Waals surface area contributed by atoms with Crippen molar-refractivity contribution in [1.82, 2.24) is 0 Å². The van der Waals surface area contributed by atoms with E-state index in [4.69, 9.17) is 0 Å². The van der Waals surface area contributed by atoms with E-state index in [1.807, 2.05) is 0 Å². The van der Waals surface area contributed by atoms with Crippen LogP contribution >= 0.6 is 0 Å². The first-order valence-corrected chi connectivity index (χ1v) is 6.57. The Balaban J connectivity index is 3.38. The second kappa shape index (κ2) is 8.32. The molecule has 86 valence electrons. The van der Waals surface area contributed by atoms with Gasteiger partial charge in [0.1, 0.15) is 0 Å². The summed E-state index contributed by atoms with van der Waals surface area (Å²) >= 11 is 0. The van der Waals surface area contributed by atoms with E-state index < -0.39 is 0 Å². The zero-order valence-electron chi connectivity index (χ0n) is 11.0. The van der Waals surface area contributed by atoms with Gasteiger partial charge in [-0.1, -0.05) is 73.1 Å². The van der Waals surface area contributed by atoms with E-state index in [1.165, 1.54) is 38.5 Å². The standard InChI is InChI=1S/C14H30/c1-6-7-8-9-13(4)10-11-14(5)12(2)3/h12-14H,6-11H2,1-5H3. The number of rotatable bonds is 8. The van der Waals surface area contributed by atoms with Gasteiger partial charge in [0.25, 0.3) is 0 Å². The molecule has 0 spiro atoms. The van der Waals surface area contributed by atoms with Crippen molar-refractivity contribution in [2.24, 2.45) is 17.8 Å². The fourth-order valence-electron chi connectivity index (χ4n) is 1.77. The summed E-state index contributed by atoms with van der Waals surface area (Å²) in [5.41, 5.74) is 0. The SMILES string of the molecule is CCCCCC(C)CCC(C)C(C)C. The molecule has 0 aliphatic heterocycles. The van der Waals surface area contributed by atoms with E-state index in [1.54, 1.807) is 0 Å². The van der Waals surface area contributed by atoms with E-state index in [2.05, 4.69) is 34.6 Å². The van der Waals surface area contributed by atoms with Gasteiger partial charge in [0.15, 0.2) is 0 Å². The highest BCUT2D eigenvalue weighted by Crippen LogP contribution is 2.22. The predicted octanol–water partition coefficient (Wildman–Crippen LogP) is 5.28. The lowest BCUT2D eigenvalue weighted by molar-refractivity contribution is 0.339. The van der Waals surface area contributed by atoms with Crippen molar-refractivity contribution in [3.05, 3.63) is 0 Å². The molecule has 14 heavy (non-hydrogen) atoms. The largest absolute Gasteiger partial charge is 0.0654 e. The molecular formula is C14H30. The fourth-order valence-corrected chi connectivity index (χ4v) is 1.77. The lowest BCUT2D eigenvalue weighted by Crippen LogP contribution is -2.06. The second-order valence-corrected chi connectivity index (χ2v) is 5.40. The summed E-state index contributed by atoms with van der Waals surface area (Å²) in [6.45, 7) is 11.8. The molecule has 0 bridgehead atoms. The molecule has 0 rings (SSSR count). The van der Waals surface area contributed by atoms with Crippen LogP contribution in [0.2, 0.25) is 0 Å². The molecule has 0 N–H and O–H groups in total. The van der Waals surface area contributed by atoms with Crippen molar-refractivity contribution in [2.75, 3.05) is 0 Å². The summed E-state index contributed by atoms with van der Waals surface area (Å²) in [5, 5.41) is 0. The molecule has 0 nitrogen and oxygen atoms in total. The third-order valence-electron chi connectivity index (χ3n) is 3.55. The summed E-state index contributed by atoms with van der Waals surface area (Å²) in [7, 11) is 0. The van der Waals surface area contributed by atoms with Gasteiger partial charge < -0.3 is 0 Å². The molecular weight excluding hydrogens is 168 g/mol. The molecule has 2 unspecified atom stereocenters. The number of hydrogen-bond acceptors (Lipinski definition) is 0. The Hall–Kier alpha value is 0. The molecule has 0 saturated heterocycles. The molecule has 0 aliphatic carbocycles. The van der Waals surface area contributed by atoms with Crippen LogP contribution in [0, 0.1) is 17.8 Å². The predicted molar refractivity (Wildman–Crippen MR) is 66.5 cm³/mol. The highest BCUT2D eigenvalue weighted by molar-refractivity contribution is 4.61. The van der Waals surface area contributed by atoms with E-state index >= 15 is 0 Å². The minimum absolute atomic E-state index is 0.859. The van der Waals surface area contributed by atoms with Gasteiger partial charge in [0.05, 0.1) is 0 Å². The average Bonchev–Trinajstić information content (AvgIpc) is 2.14. The smallest absolute Gasteiger partial charge is 0.0420 e. The lowest BCUT2D eigenvalue weighted by atomic mass is 9.88. The maximum Gasteiger partial charge on any atom is -0.0420 e. The number of hydrogen-bond donors (Lipinski definition) is 0. The molecule has 0 aromatic rings. The Kier molecular flexibility index (Phi) is 8.32. The van der Waals surface area contributed by atoms with Crippen molar-refractivity contribution in [3.8, 4) is 0 Å². The monoisotopic (exact) mass is 198 g/mol. The first-order chi connectivity index (χ1) is 6.57. The van der Waals surface area contributed by atoms with Crippen LogP contribution in [0.15, 0.2) is 0 Å². The van der Waals surface area contributed by atoms with Crippen LogP contribution in [0.1, 0.15) is 73.1 Å². The van der Waals surface area contributed by atoms with E-state index in [0.29, 0.717) is 0 Å². The Morgan fingerprint density at radius 2 is 1.43 bits per heavy atom. The molecule has 0 aliphatic rings. The van der Waals surface area contributed by atoms with Crippen LogP contribution in [0.4, 0.5) is 0 Å². The molecule has 0 aromatic heterocycles. The van der Waals surface area contributed by atoms with Crippen LogP contribution in [-0.2, 0) is 0 Å². The summed E-state index contributed by atoms with van der Waals surface area (Å²) in [6, 6.07) is 0. The fraction of sp³-hybridized carbons (Fsp3) is 1.00. The minimum Gasteiger partial charge on any atom is -0.0654 e. The molecule has 0 saturated carbocycles. The highest BCUT2D eigenvalue weighted by Gasteiger charge is 2.09. The van der Waals surface area contributed by atoms with Crippen molar-refractivity contribution in [2.45, 2.75) is 73.1 Å². The number of unbranched alkanes of at least 4 members (excludes halogenated alkanes) is 2. The Morgan fingerprint density at radius 3 is 1.93 bits per heavy atom. The summed E-state index contributed by atoms with van der Waals surface area (Å²) < 4.78 is 0. The third-order valence-corrected chi connectivity index (χ3v) is 3.55. The summed E-state index contributed by atoms with van der Waals surface area (Å²) in [5.74, 6) is 2.71. The average molecular weight is 198 g/mol. The van der Waals surface area contributed by atoms with Gasteiger partial charge in [-0.15, -0.1) is 0 Å².